The molecule has 0 aliphatic rings. The van der Waals surface area contributed by atoms with E-state index in [9.17, 15) is 4.79 Å². The number of hydrogen-bond donors (Lipinski definition) is 1. The van der Waals surface area contributed by atoms with E-state index in [2.05, 4.69) is 19.2 Å². The number of rotatable bonds is 11. The van der Waals surface area contributed by atoms with Gasteiger partial charge in [-0.1, -0.05) is 20.3 Å². The Morgan fingerprint density at radius 3 is 2.39 bits per heavy atom. The maximum atomic E-state index is 11.8. The van der Waals surface area contributed by atoms with Crippen molar-refractivity contribution in [3.8, 4) is 0 Å². The van der Waals surface area contributed by atoms with Crippen LogP contribution in [0.4, 0.5) is 0 Å². The summed E-state index contributed by atoms with van der Waals surface area (Å²) in [6.07, 6.45) is 4.86. The Labute approximate surface area is 111 Å². The van der Waals surface area contributed by atoms with E-state index in [4.69, 9.17) is 9.47 Å². The zero-order chi connectivity index (χ0) is 13.9. The van der Waals surface area contributed by atoms with Crippen LogP contribution < -0.4 is 5.32 Å². The van der Waals surface area contributed by atoms with E-state index in [0.717, 1.165) is 45.3 Å². The van der Waals surface area contributed by atoms with E-state index in [1.54, 1.807) is 0 Å². The largest absolute Gasteiger partial charge is 0.468 e. The first-order valence-corrected chi connectivity index (χ1v) is 7.02. The molecule has 0 fully saturated rings. The van der Waals surface area contributed by atoms with Crippen molar-refractivity contribution in [2.24, 2.45) is 0 Å². The predicted octanol–water partition coefficient (Wildman–Crippen LogP) is 2.51. The molecule has 0 aromatic rings. The van der Waals surface area contributed by atoms with Crippen molar-refractivity contribution in [3.63, 3.8) is 0 Å². The molecule has 0 saturated heterocycles. The number of methoxy groups -OCH3 is 1. The smallest absolute Gasteiger partial charge is 0.325 e. The van der Waals surface area contributed by atoms with Crippen LogP contribution in [0.1, 0.15) is 52.9 Å². The van der Waals surface area contributed by atoms with Crippen LogP contribution in [0.2, 0.25) is 0 Å². The van der Waals surface area contributed by atoms with Crippen LogP contribution >= 0.6 is 0 Å². The minimum atomic E-state index is -0.584. The van der Waals surface area contributed by atoms with Gasteiger partial charge < -0.3 is 14.8 Å². The molecule has 0 aliphatic carbocycles. The number of carbonyl (C=O) groups is 1. The molecule has 0 aliphatic heterocycles. The highest BCUT2D eigenvalue weighted by Gasteiger charge is 2.32. The maximum Gasteiger partial charge on any atom is 0.325 e. The molecule has 4 heteroatoms. The Morgan fingerprint density at radius 2 is 1.83 bits per heavy atom. The summed E-state index contributed by atoms with van der Waals surface area (Å²) in [5, 5.41) is 3.27. The van der Waals surface area contributed by atoms with Gasteiger partial charge in [0.1, 0.15) is 5.54 Å². The van der Waals surface area contributed by atoms with Gasteiger partial charge in [-0.3, -0.25) is 4.79 Å². The van der Waals surface area contributed by atoms with Gasteiger partial charge in [0.05, 0.1) is 7.11 Å². The molecule has 0 saturated carbocycles. The van der Waals surface area contributed by atoms with Gasteiger partial charge in [-0.15, -0.1) is 0 Å². The van der Waals surface area contributed by atoms with Crippen molar-refractivity contribution in [3.05, 3.63) is 0 Å². The normalized spacial score (nSPS) is 14.2. The average molecular weight is 259 g/mol. The van der Waals surface area contributed by atoms with Crippen molar-refractivity contribution in [2.45, 2.75) is 58.4 Å². The molecule has 4 nitrogen and oxygen atoms in total. The van der Waals surface area contributed by atoms with Gasteiger partial charge in [0.15, 0.2) is 0 Å². The number of ether oxygens (including phenoxy) is 2. The number of carbonyl (C=O) groups excluding carboxylic acids is 1. The first-order chi connectivity index (χ1) is 8.60. The molecule has 0 amide bonds. The second-order valence-electron chi connectivity index (χ2n) is 4.82. The van der Waals surface area contributed by atoms with Crippen LogP contribution in [0, 0.1) is 0 Å². The third-order valence-electron chi connectivity index (χ3n) is 3.01. The topological polar surface area (TPSA) is 47.6 Å². The zero-order valence-corrected chi connectivity index (χ0v) is 12.4. The first kappa shape index (κ1) is 17.4. The molecule has 0 aromatic heterocycles. The number of nitrogens with one attached hydrogen (secondary N) is 1. The summed E-state index contributed by atoms with van der Waals surface area (Å²) < 4.78 is 10.4. The highest BCUT2D eigenvalue weighted by molar-refractivity contribution is 5.80. The van der Waals surface area contributed by atoms with E-state index >= 15 is 0 Å². The molecule has 108 valence electrons. The van der Waals surface area contributed by atoms with Crippen molar-refractivity contribution in [1.29, 1.82) is 0 Å². The minimum Gasteiger partial charge on any atom is -0.468 e. The second kappa shape index (κ2) is 10.3. The fourth-order valence-electron chi connectivity index (χ4n) is 1.77. The van der Waals surface area contributed by atoms with Gasteiger partial charge in [0, 0.05) is 13.2 Å². The lowest BCUT2D eigenvalue weighted by atomic mass is 9.96. The first-order valence-electron chi connectivity index (χ1n) is 7.02. The number of esters is 1. The van der Waals surface area contributed by atoms with Gasteiger partial charge in [-0.2, -0.15) is 0 Å². The van der Waals surface area contributed by atoms with Crippen molar-refractivity contribution < 1.29 is 14.3 Å². The molecule has 1 atom stereocenters. The fraction of sp³-hybridized carbons (Fsp3) is 0.929. The highest BCUT2D eigenvalue weighted by Crippen LogP contribution is 2.14. The summed E-state index contributed by atoms with van der Waals surface area (Å²) >= 11 is 0. The van der Waals surface area contributed by atoms with Crippen molar-refractivity contribution >= 4 is 5.97 Å². The predicted molar refractivity (Wildman–Crippen MR) is 73.7 cm³/mol. The SMILES string of the molecule is CCCCOCCCC(C)(NCCC)C(=O)OC. The van der Waals surface area contributed by atoms with Crippen LogP contribution in [0.15, 0.2) is 0 Å². The van der Waals surface area contributed by atoms with Crippen LogP contribution in [-0.4, -0.2) is 38.4 Å². The van der Waals surface area contributed by atoms with E-state index < -0.39 is 5.54 Å². The van der Waals surface area contributed by atoms with E-state index in [0.29, 0.717) is 6.61 Å². The lowest BCUT2D eigenvalue weighted by Gasteiger charge is -2.28. The molecule has 0 radical (unpaired) electrons. The molecule has 18 heavy (non-hydrogen) atoms. The molecular weight excluding hydrogens is 230 g/mol. The van der Waals surface area contributed by atoms with Crippen molar-refractivity contribution in [2.75, 3.05) is 26.9 Å². The van der Waals surface area contributed by atoms with Gasteiger partial charge in [0.25, 0.3) is 0 Å². The van der Waals surface area contributed by atoms with Gasteiger partial charge in [-0.05, 0) is 39.2 Å². The minimum absolute atomic E-state index is 0.190. The Bertz CT molecular complexity index is 221. The fourth-order valence-corrected chi connectivity index (χ4v) is 1.77. The van der Waals surface area contributed by atoms with Crippen LogP contribution in [0.25, 0.3) is 0 Å². The lowest BCUT2D eigenvalue weighted by Crippen LogP contribution is -2.50. The summed E-state index contributed by atoms with van der Waals surface area (Å²) in [4.78, 5) is 11.8. The van der Waals surface area contributed by atoms with Gasteiger partial charge in [0.2, 0.25) is 0 Å². The summed E-state index contributed by atoms with van der Waals surface area (Å²) in [6.45, 7) is 8.47. The zero-order valence-electron chi connectivity index (χ0n) is 12.4. The third-order valence-corrected chi connectivity index (χ3v) is 3.01. The number of hydrogen-bond acceptors (Lipinski definition) is 4. The van der Waals surface area contributed by atoms with Gasteiger partial charge >= 0.3 is 5.97 Å². The molecule has 1 N–H and O–H groups in total. The molecular formula is C14H29NO3. The highest BCUT2D eigenvalue weighted by atomic mass is 16.5. The third kappa shape index (κ3) is 6.97. The Balaban J connectivity index is 3.97. The molecule has 0 aromatic carbocycles. The van der Waals surface area contributed by atoms with Crippen LogP contribution in [0.5, 0.6) is 0 Å². The molecule has 0 bridgehead atoms. The Hall–Kier alpha value is -0.610. The monoisotopic (exact) mass is 259 g/mol. The molecule has 0 spiro atoms. The summed E-state index contributed by atoms with van der Waals surface area (Å²) in [6, 6.07) is 0. The van der Waals surface area contributed by atoms with E-state index in [-0.39, 0.29) is 5.97 Å². The van der Waals surface area contributed by atoms with Crippen LogP contribution in [-0.2, 0) is 14.3 Å². The molecule has 0 rings (SSSR count). The lowest BCUT2D eigenvalue weighted by molar-refractivity contribution is -0.148. The Kier molecular flexibility index (Phi) is 9.98. The quantitative estimate of drug-likeness (QED) is 0.457. The second-order valence-corrected chi connectivity index (χ2v) is 4.82. The molecule has 0 heterocycles. The van der Waals surface area contributed by atoms with E-state index in [1.165, 1.54) is 7.11 Å². The van der Waals surface area contributed by atoms with Crippen LogP contribution in [0.3, 0.4) is 0 Å². The van der Waals surface area contributed by atoms with E-state index in [1.807, 2.05) is 6.92 Å². The summed E-state index contributed by atoms with van der Waals surface area (Å²) in [5.74, 6) is -0.190. The number of unbranched alkanes of at least 4 members (excludes halogenated alkanes) is 1. The van der Waals surface area contributed by atoms with Crippen molar-refractivity contribution in [1.82, 2.24) is 5.32 Å². The molecule has 1 unspecified atom stereocenters. The summed E-state index contributed by atoms with van der Waals surface area (Å²) in [7, 11) is 1.44. The standard InChI is InChI=1S/C14H29NO3/c1-5-7-11-18-12-8-9-14(3,13(16)17-4)15-10-6-2/h15H,5-12H2,1-4H3. The maximum absolute atomic E-state index is 11.8. The summed E-state index contributed by atoms with van der Waals surface area (Å²) in [5.41, 5.74) is -0.584. The average Bonchev–Trinajstić information content (AvgIpc) is 2.39. The Morgan fingerprint density at radius 1 is 1.17 bits per heavy atom. The van der Waals surface area contributed by atoms with Gasteiger partial charge in [-0.25, -0.2) is 0 Å².